The standard InChI is InChI=1S/C16H17NO4/c1-4-13(18)21-15(2,3)9-16(14(19)20)10-17-12-8-6-5-7-11(12)16/h4-8,10H,1,9H2,2-3H3,(H,19,20). The minimum absolute atomic E-state index is 0.0927. The molecule has 0 spiro atoms. The fraction of sp³-hybridized carbons (Fsp3) is 0.312. The first-order chi connectivity index (χ1) is 9.81. The molecule has 1 aromatic rings. The maximum absolute atomic E-state index is 11.9. The summed E-state index contributed by atoms with van der Waals surface area (Å²) >= 11 is 0. The van der Waals surface area contributed by atoms with Crippen LogP contribution in [0.25, 0.3) is 0 Å². The van der Waals surface area contributed by atoms with E-state index in [4.69, 9.17) is 4.74 Å². The summed E-state index contributed by atoms with van der Waals surface area (Å²) in [4.78, 5) is 27.5. The third kappa shape index (κ3) is 2.72. The van der Waals surface area contributed by atoms with Crippen molar-refractivity contribution in [3.05, 3.63) is 42.5 Å². The van der Waals surface area contributed by atoms with Crippen LogP contribution in [0.5, 0.6) is 0 Å². The van der Waals surface area contributed by atoms with Crippen LogP contribution in [0.3, 0.4) is 0 Å². The smallest absolute Gasteiger partial charge is 0.330 e. The van der Waals surface area contributed by atoms with Crippen molar-refractivity contribution in [1.82, 2.24) is 0 Å². The number of carboxylic acid groups (broad SMARTS) is 1. The van der Waals surface area contributed by atoms with Gasteiger partial charge in [-0.25, -0.2) is 4.79 Å². The van der Waals surface area contributed by atoms with Gasteiger partial charge in [0.1, 0.15) is 11.0 Å². The van der Waals surface area contributed by atoms with Crippen LogP contribution >= 0.6 is 0 Å². The number of carbonyl (C=O) groups excluding carboxylic acids is 1. The Hall–Kier alpha value is -2.43. The lowest BCUT2D eigenvalue weighted by atomic mass is 9.74. The molecule has 0 bridgehead atoms. The van der Waals surface area contributed by atoms with Crippen LogP contribution in [-0.2, 0) is 19.7 Å². The molecule has 1 atom stereocenters. The maximum Gasteiger partial charge on any atom is 0.330 e. The number of aliphatic imine (C=N–C) groups is 1. The van der Waals surface area contributed by atoms with Gasteiger partial charge in [0.05, 0.1) is 5.69 Å². The number of carbonyl (C=O) groups is 2. The summed E-state index contributed by atoms with van der Waals surface area (Å²) in [5, 5.41) is 9.71. The van der Waals surface area contributed by atoms with Gasteiger partial charge in [-0.3, -0.25) is 9.79 Å². The minimum atomic E-state index is -1.29. The first kappa shape index (κ1) is 15.0. The van der Waals surface area contributed by atoms with E-state index < -0.39 is 23.0 Å². The molecule has 1 aliphatic rings. The van der Waals surface area contributed by atoms with E-state index in [0.29, 0.717) is 11.3 Å². The molecule has 0 aromatic heterocycles. The second-order valence-corrected chi connectivity index (χ2v) is 5.61. The molecule has 110 valence electrons. The highest BCUT2D eigenvalue weighted by Gasteiger charge is 2.48. The molecule has 0 saturated heterocycles. The number of carboxylic acids is 1. The van der Waals surface area contributed by atoms with Gasteiger partial charge in [0.2, 0.25) is 0 Å². The van der Waals surface area contributed by atoms with Crippen molar-refractivity contribution < 1.29 is 19.4 Å². The number of fused-ring (bicyclic) bond motifs is 1. The molecule has 0 amide bonds. The highest BCUT2D eigenvalue weighted by atomic mass is 16.6. The number of hydrogen-bond donors (Lipinski definition) is 1. The third-order valence-electron chi connectivity index (χ3n) is 3.44. The summed E-state index contributed by atoms with van der Waals surface area (Å²) < 4.78 is 5.26. The highest BCUT2D eigenvalue weighted by molar-refractivity contribution is 6.06. The molecule has 0 radical (unpaired) electrons. The van der Waals surface area contributed by atoms with Crippen LogP contribution in [-0.4, -0.2) is 28.9 Å². The van der Waals surface area contributed by atoms with Crippen molar-refractivity contribution in [2.24, 2.45) is 4.99 Å². The molecular weight excluding hydrogens is 270 g/mol. The van der Waals surface area contributed by atoms with Gasteiger partial charge in [0, 0.05) is 24.3 Å². The van der Waals surface area contributed by atoms with Crippen LogP contribution in [0, 0.1) is 0 Å². The molecule has 21 heavy (non-hydrogen) atoms. The number of aliphatic carboxylic acids is 1. The zero-order chi connectivity index (χ0) is 15.7. The van der Waals surface area contributed by atoms with Gasteiger partial charge in [-0.15, -0.1) is 0 Å². The molecule has 5 nitrogen and oxygen atoms in total. The van der Waals surface area contributed by atoms with Gasteiger partial charge < -0.3 is 9.84 Å². The molecule has 0 aliphatic carbocycles. The van der Waals surface area contributed by atoms with Gasteiger partial charge in [-0.05, 0) is 19.9 Å². The number of esters is 1. The summed E-state index contributed by atoms with van der Waals surface area (Å²) in [6, 6.07) is 7.08. The van der Waals surface area contributed by atoms with Gasteiger partial charge in [0.15, 0.2) is 0 Å². The monoisotopic (exact) mass is 287 g/mol. The molecule has 1 N–H and O–H groups in total. The molecule has 0 fully saturated rings. The van der Waals surface area contributed by atoms with E-state index in [1.165, 1.54) is 6.21 Å². The molecule has 1 heterocycles. The Balaban J connectivity index is 2.39. The molecule has 2 rings (SSSR count). The summed E-state index contributed by atoms with van der Waals surface area (Å²) in [5.41, 5.74) is -1.01. The molecule has 1 aliphatic heterocycles. The van der Waals surface area contributed by atoms with Gasteiger partial charge in [-0.1, -0.05) is 24.8 Å². The van der Waals surface area contributed by atoms with Crippen molar-refractivity contribution >= 4 is 23.8 Å². The summed E-state index contributed by atoms with van der Waals surface area (Å²) in [6.45, 7) is 6.70. The van der Waals surface area contributed by atoms with E-state index in [2.05, 4.69) is 11.6 Å². The van der Waals surface area contributed by atoms with E-state index in [-0.39, 0.29) is 6.42 Å². The average Bonchev–Trinajstić information content (AvgIpc) is 2.78. The number of ether oxygens (including phenoxy) is 1. The van der Waals surface area contributed by atoms with E-state index in [0.717, 1.165) is 6.08 Å². The van der Waals surface area contributed by atoms with Crippen LogP contribution in [0.4, 0.5) is 5.69 Å². The molecule has 0 saturated carbocycles. The molecule has 1 unspecified atom stereocenters. The zero-order valence-electron chi connectivity index (χ0n) is 12.0. The van der Waals surface area contributed by atoms with E-state index >= 15 is 0 Å². The SMILES string of the molecule is C=CC(=O)OC(C)(C)CC1(C(=O)O)C=Nc2ccccc21. The Kier molecular flexibility index (Phi) is 3.68. The largest absolute Gasteiger partial charge is 0.480 e. The number of benzene rings is 1. The first-order valence-electron chi connectivity index (χ1n) is 6.54. The zero-order valence-corrected chi connectivity index (χ0v) is 12.0. The first-order valence-corrected chi connectivity index (χ1v) is 6.54. The lowest BCUT2D eigenvalue weighted by molar-refractivity contribution is -0.155. The van der Waals surface area contributed by atoms with Crippen LogP contribution in [0.15, 0.2) is 41.9 Å². The third-order valence-corrected chi connectivity index (χ3v) is 3.44. The lowest BCUT2D eigenvalue weighted by Gasteiger charge is -2.32. The van der Waals surface area contributed by atoms with Crippen LogP contribution in [0.1, 0.15) is 25.8 Å². The van der Waals surface area contributed by atoms with E-state index in [1.54, 1.807) is 38.1 Å². The van der Waals surface area contributed by atoms with E-state index in [9.17, 15) is 14.7 Å². The van der Waals surface area contributed by atoms with E-state index in [1.807, 2.05) is 0 Å². The topological polar surface area (TPSA) is 76.0 Å². The number of para-hydroxylation sites is 1. The minimum Gasteiger partial charge on any atom is -0.480 e. The van der Waals surface area contributed by atoms with Crippen molar-refractivity contribution in [2.45, 2.75) is 31.3 Å². The molecule has 5 heteroatoms. The Morgan fingerprint density at radius 3 is 2.71 bits per heavy atom. The Bertz CT molecular complexity index is 633. The van der Waals surface area contributed by atoms with Crippen molar-refractivity contribution in [3.63, 3.8) is 0 Å². The fourth-order valence-corrected chi connectivity index (χ4v) is 2.62. The molecule has 1 aromatic carbocycles. The lowest BCUT2D eigenvalue weighted by Crippen LogP contribution is -2.44. The summed E-state index contributed by atoms with van der Waals surface area (Å²) in [7, 11) is 0. The Morgan fingerprint density at radius 1 is 1.43 bits per heavy atom. The second-order valence-electron chi connectivity index (χ2n) is 5.61. The van der Waals surface area contributed by atoms with Gasteiger partial charge >= 0.3 is 11.9 Å². The van der Waals surface area contributed by atoms with Gasteiger partial charge in [0.25, 0.3) is 0 Å². The Labute approximate surface area is 123 Å². The summed E-state index contributed by atoms with van der Waals surface area (Å²) in [5.74, 6) is -1.59. The predicted molar refractivity (Wildman–Crippen MR) is 78.9 cm³/mol. The fourth-order valence-electron chi connectivity index (χ4n) is 2.62. The Morgan fingerprint density at radius 2 is 2.10 bits per heavy atom. The maximum atomic E-state index is 11.9. The predicted octanol–water partition coefficient (Wildman–Crippen LogP) is 2.62. The number of hydrogen-bond acceptors (Lipinski definition) is 4. The van der Waals surface area contributed by atoms with Crippen molar-refractivity contribution in [3.8, 4) is 0 Å². The molecular formula is C16H17NO4. The highest BCUT2D eigenvalue weighted by Crippen LogP contribution is 2.42. The van der Waals surface area contributed by atoms with Crippen molar-refractivity contribution in [1.29, 1.82) is 0 Å². The quantitative estimate of drug-likeness (QED) is 0.667. The van der Waals surface area contributed by atoms with Gasteiger partial charge in [-0.2, -0.15) is 0 Å². The van der Waals surface area contributed by atoms with Crippen LogP contribution in [0.2, 0.25) is 0 Å². The average molecular weight is 287 g/mol. The van der Waals surface area contributed by atoms with Crippen molar-refractivity contribution in [2.75, 3.05) is 0 Å². The normalized spacial score (nSPS) is 19.9. The van der Waals surface area contributed by atoms with Crippen LogP contribution < -0.4 is 0 Å². The number of nitrogens with zero attached hydrogens (tertiary/aromatic N) is 1. The summed E-state index contributed by atoms with van der Waals surface area (Å²) in [6.07, 6.45) is 2.57. The second kappa shape index (κ2) is 5.16. The number of rotatable bonds is 5.